The highest BCUT2D eigenvalue weighted by molar-refractivity contribution is 5.91. The average Bonchev–Trinajstić information content (AvgIpc) is 3.50. The Bertz CT molecular complexity index is 1210. The number of benzene rings is 1. The molecule has 1 unspecified atom stereocenters. The molecule has 1 aromatic carbocycles. The van der Waals surface area contributed by atoms with Gasteiger partial charge in [0.2, 0.25) is 11.4 Å². The number of aromatic nitrogens is 3. The molecule has 11 heteroatoms. The number of hydrogen-bond acceptors (Lipinski definition) is 8. The lowest BCUT2D eigenvalue weighted by Gasteiger charge is -2.24. The van der Waals surface area contributed by atoms with Crippen molar-refractivity contribution in [2.75, 3.05) is 24.9 Å². The van der Waals surface area contributed by atoms with Gasteiger partial charge < -0.3 is 19.4 Å². The van der Waals surface area contributed by atoms with Gasteiger partial charge in [-0.1, -0.05) is 0 Å². The third-order valence-electron chi connectivity index (χ3n) is 5.52. The quantitative estimate of drug-likeness (QED) is 0.468. The van der Waals surface area contributed by atoms with Crippen LogP contribution in [0.15, 0.2) is 29.1 Å². The van der Waals surface area contributed by atoms with Crippen LogP contribution in [0, 0.1) is 24.1 Å². The molecule has 0 bridgehead atoms. The Morgan fingerprint density at radius 2 is 2.21 bits per heavy atom. The largest absolute Gasteiger partial charge is 0.494 e. The van der Waals surface area contributed by atoms with Gasteiger partial charge in [0.05, 0.1) is 18.8 Å². The molecule has 4 rings (SSSR count). The van der Waals surface area contributed by atoms with Gasteiger partial charge in [-0.25, -0.2) is 19.0 Å². The van der Waals surface area contributed by atoms with E-state index in [1.807, 2.05) is 6.92 Å². The number of halogens is 1. The summed E-state index contributed by atoms with van der Waals surface area (Å²) in [6.45, 7) is 1.97. The molecule has 3 N–H and O–H groups in total. The maximum atomic E-state index is 14.2. The molecule has 0 fully saturated rings. The number of ether oxygens (including phenoxy) is 1. The summed E-state index contributed by atoms with van der Waals surface area (Å²) in [4.78, 5) is 22.0. The highest BCUT2D eigenvalue weighted by Crippen LogP contribution is 2.29. The van der Waals surface area contributed by atoms with E-state index in [2.05, 4.69) is 33.6 Å². The molecule has 0 radical (unpaired) electrons. The van der Waals surface area contributed by atoms with Crippen LogP contribution >= 0.6 is 0 Å². The lowest BCUT2D eigenvalue weighted by atomic mass is 10.1. The summed E-state index contributed by atoms with van der Waals surface area (Å²) in [5.41, 5.74) is 3.68. The number of methoxy groups -OCH3 is 1. The molecule has 3 heterocycles. The zero-order chi connectivity index (χ0) is 24.1. The van der Waals surface area contributed by atoms with Crippen molar-refractivity contribution in [2.24, 2.45) is 0 Å². The van der Waals surface area contributed by atoms with E-state index in [9.17, 15) is 9.18 Å². The van der Waals surface area contributed by atoms with E-state index in [0.717, 1.165) is 19.3 Å². The number of carbonyl (C=O) groups is 1. The summed E-state index contributed by atoms with van der Waals surface area (Å²) in [5, 5.41) is 12.1. The van der Waals surface area contributed by atoms with Gasteiger partial charge in [0, 0.05) is 24.5 Å². The summed E-state index contributed by atoms with van der Waals surface area (Å²) in [5.74, 6) is 0.193. The maximum absolute atomic E-state index is 14.2. The zero-order valence-corrected chi connectivity index (χ0v) is 18.6. The van der Waals surface area contributed by atoms with E-state index in [1.165, 1.54) is 36.5 Å². The molecule has 2 aromatic heterocycles. The van der Waals surface area contributed by atoms with Crippen LogP contribution in [0.3, 0.4) is 0 Å². The first-order valence-corrected chi connectivity index (χ1v) is 10.3. The predicted octanol–water partition coefficient (Wildman–Crippen LogP) is 2.53. The first kappa shape index (κ1) is 23.6. The second-order valence-corrected chi connectivity index (χ2v) is 7.51. The first-order valence-electron chi connectivity index (χ1n) is 10.3. The van der Waals surface area contributed by atoms with Crippen molar-refractivity contribution < 1.29 is 18.3 Å². The molecule has 1 aliphatic heterocycles. The minimum Gasteiger partial charge on any atom is -0.494 e. The predicted molar refractivity (Wildman–Crippen MR) is 121 cm³/mol. The number of terminal acetylenes is 1. The Hall–Kier alpha value is -4.07. The first-order chi connectivity index (χ1) is 15.9. The van der Waals surface area contributed by atoms with E-state index >= 15 is 0 Å². The molecule has 0 spiro atoms. The van der Waals surface area contributed by atoms with E-state index in [-0.39, 0.29) is 35.2 Å². The molecule has 174 valence electrons. The Labute approximate surface area is 190 Å². The van der Waals surface area contributed by atoms with Crippen LogP contribution in [0.4, 0.5) is 10.2 Å². The van der Waals surface area contributed by atoms with Crippen molar-refractivity contribution in [2.45, 2.75) is 38.4 Å². The third-order valence-corrected chi connectivity index (χ3v) is 5.52. The Kier molecular flexibility index (Phi) is 7.17. The van der Waals surface area contributed by atoms with Gasteiger partial charge in [0.25, 0.3) is 5.91 Å². The fraction of sp³-hybridized carbons (Fsp3) is 0.364. The second kappa shape index (κ2) is 10.0. The molecule has 1 amide bonds. The number of fused-ring (bicyclic) bond motifs is 3. The van der Waals surface area contributed by atoms with Crippen molar-refractivity contribution in [1.29, 1.82) is 5.41 Å². The van der Waals surface area contributed by atoms with Gasteiger partial charge in [-0.2, -0.15) is 0 Å². The SMILES string of the molecule is C#C.COc1cc2nc(=N)n3c(c2cc1F)NC(CCC[C@H](C)N(C)C(=O)c1cnco1)N3. The Balaban J connectivity index is 0.00000149. The number of carbonyl (C=O) groups excluding carboxylic acids is 1. The summed E-state index contributed by atoms with van der Waals surface area (Å²) in [7, 11) is 3.13. The van der Waals surface area contributed by atoms with Gasteiger partial charge in [-0.3, -0.25) is 15.6 Å². The van der Waals surface area contributed by atoms with Gasteiger partial charge in [0.1, 0.15) is 12.0 Å². The number of rotatable bonds is 7. The van der Waals surface area contributed by atoms with Crippen LogP contribution in [0.5, 0.6) is 5.75 Å². The van der Waals surface area contributed by atoms with Crippen LogP contribution < -0.4 is 21.1 Å². The van der Waals surface area contributed by atoms with Gasteiger partial charge in [0.15, 0.2) is 18.0 Å². The fourth-order valence-electron chi connectivity index (χ4n) is 3.64. The third kappa shape index (κ3) is 4.74. The van der Waals surface area contributed by atoms with Crippen LogP contribution in [0.25, 0.3) is 10.9 Å². The Morgan fingerprint density at radius 1 is 1.45 bits per heavy atom. The molecular weight excluding hydrogens is 429 g/mol. The summed E-state index contributed by atoms with van der Waals surface area (Å²) >= 11 is 0. The molecule has 2 atom stereocenters. The molecule has 10 nitrogen and oxygen atoms in total. The minimum absolute atomic E-state index is 0.00447. The van der Waals surface area contributed by atoms with Crippen LogP contribution in [-0.2, 0) is 0 Å². The summed E-state index contributed by atoms with van der Waals surface area (Å²) < 4.78 is 25.8. The van der Waals surface area contributed by atoms with E-state index in [1.54, 1.807) is 11.9 Å². The molecule has 0 aliphatic carbocycles. The van der Waals surface area contributed by atoms with Crippen molar-refractivity contribution in [3.63, 3.8) is 0 Å². The van der Waals surface area contributed by atoms with E-state index in [0.29, 0.717) is 16.7 Å². The number of nitrogens with one attached hydrogen (secondary N) is 3. The van der Waals surface area contributed by atoms with Gasteiger partial charge in [-0.05, 0) is 32.3 Å². The summed E-state index contributed by atoms with van der Waals surface area (Å²) in [6.07, 6.45) is 12.8. The minimum atomic E-state index is -0.490. The molecule has 3 aromatic rings. The van der Waals surface area contributed by atoms with E-state index in [4.69, 9.17) is 14.6 Å². The smallest absolute Gasteiger partial charge is 0.291 e. The van der Waals surface area contributed by atoms with Gasteiger partial charge in [-0.15, -0.1) is 12.8 Å². The second-order valence-electron chi connectivity index (χ2n) is 7.51. The number of nitrogens with zero attached hydrogens (tertiary/aromatic N) is 4. The highest BCUT2D eigenvalue weighted by Gasteiger charge is 2.25. The molecular formula is C22H26FN7O3. The van der Waals surface area contributed by atoms with Crippen molar-refractivity contribution in [3.8, 4) is 18.6 Å². The number of anilines is 1. The van der Waals surface area contributed by atoms with Crippen molar-refractivity contribution in [3.05, 3.63) is 41.9 Å². The van der Waals surface area contributed by atoms with Crippen LogP contribution in [-0.4, -0.2) is 51.8 Å². The highest BCUT2D eigenvalue weighted by atomic mass is 19.1. The van der Waals surface area contributed by atoms with Crippen molar-refractivity contribution in [1.82, 2.24) is 19.5 Å². The average molecular weight is 455 g/mol. The standard InChI is InChI=1S/C20H24FN7O3.C2H2/c1-11(27(2)19(29)16-9-23-10-31-16)5-4-6-17-25-18-12-7-13(21)15(30-3)8-14(12)24-20(22)28(18)26-17;1-2/h7-11,17,22,25-26H,4-6H2,1-3H3;1-2H/t11-,17?;/m0./s1. The van der Waals surface area contributed by atoms with Crippen molar-refractivity contribution >= 4 is 22.6 Å². The summed E-state index contributed by atoms with van der Waals surface area (Å²) in [6, 6.07) is 2.85. The Morgan fingerprint density at radius 3 is 2.88 bits per heavy atom. The molecule has 1 aliphatic rings. The molecule has 0 saturated heterocycles. The number of hydrogen-bond donors (Lipinski definition) is 3. The lowest BCUT2D eigenvalue weighted by Crippen LogP contribution is -2.35. The monoisotopic (exact) mass is 455 g/mol. The number of oxazole rings is 1. The van der Waals surface area contributed by atoms with Crippen LogP contribution in [0.1, 0.15) is 36.7 Å². The van der Waals surface area contributed by atoms with Crippen LogP contribution in [0.2, 0.25) is 0 Å². The van der Waals surface area contributed by atoms with Gasteiger partial charge >= 0.3 is 0 Å². The topological polar surface area (TPSA) is 121 Å². The number of amides is 1. The molecule has 0 saturated carbocycles. The lowest BCUT2D eigenvalue weighted by molar-refractivity contribution is 0.0703. The molecule has 33 heavy (non-hydrogen) atoms. The zero-order valence-electron chi connectivity index (χ0n) is 18.6. The maximum Gasteiger partial charge on any atom is 0.291 e. The normalized spacial score (nSPS) is 14.9. The van der Waals surface area contributed by atoms with E-state index < -0.39 is 5.82 Å². The fourth-order valence-corrected chi connectivity index (χ4v) is 3.64.